The normalized spacial score (nSPS) is 11.3. The maximum atomic E-state index is 13.6. The zero-order valence-electron chi connectivity index (χ0n) is 9.89. The van der Waals surface area contributed by atoms with Gasteiger partial charge < -0.3 is 0 Å². The van der Waals surface area contributed by atoms with Crippen LogP contribution in [0.5, 0.6) is 0 Å². The summed E-state index contributed by atoms with van der Waals surface area (Å²) >= 11 is 5.63. The van der Waals surface area contributed by atoms with Crippen LogP contribution in [0.15, 0.2) is 41.4 Å². The molecule has 0 fully saturated rings. The van der Waals surface area contributed by atoms with Gasteiger partial charge in [-0.2, -0.15) is 0 Å². The summed E-state index contributed by atoms with van der Waals surface area (Å²) in [6.07, 6.45) is 1.27. The van der Waals surface area contributed by atoms with E-state index in [4.69, 9.17) is 11.6 Å². The third-order valence-corrected chi connectivity index (χ3v) is 3.95. The van der Waals surface area contributed by atoms with Crippen molar-refractivity contribution in [3.63, 3.8) is 0 Å². The fraction of sp³-hybridized carbons (Fsp3) is 0.0833. The lowest BCUT2D eigenvalue weighted by Crippen LogP contribution is -2.14. The number of anilines is 1. The zero-order valence-corrected chi connectivity index (χ0v) is 11.5. The van der Waals surface area contributed by atoms with Crippen LogP contribution in [0.3, 0.4) is 0 Å². The van der Waals surface area contributed by atoms with Crippen LogP contribution in [0.25, 0.3) is 0 Å². The minimum atomic E-state index is -3.89. The van der Waals surface area contributed by atoms with Crippen molar-refractivity contribution >= 4 is 27.3 Å². The number of hydrogen-bond donors (Lipinski definition) is 1. The number of benzene rings is 1. The number of aromatic nitrogens is 1. The first-order chi connectivity index (χ1) is 8.88. The smallest absolute Gasteiger partial charge is 0.262 e. The molecule has 0 saturated heterocycles. The lowest BCUT2D eigenvalue weighted by molar-refractivity contribution is 0.598. The van der Waals surface area contributed by atoms with Gasteiger partial charge >= 0.3 is 0 Å². The third kappa shape index (κ3) is 3.21. The quantitative estimate of drug-likeness (QED) is 0.887. The molecule has 4 nitrogen and oxygen atoms in total. The van der Waals surface area contributed by atoms with Crippen LogP contribution in [0.2, 0.25) is 5.15 Å². The predicted molar refractivity (Wildman–Crippen MR) is 71.2 cm³/mol. The molecule has 0 radical (unpaired) electrons. The predicted octanol–water partition coefficient (Wildman–Crippen LogP) is 2.98. The number of pyridine rings is 1. The highest BCUT2D eigenvalue weighted by atomic mass is 35.5. The molecule has 0 saturated carbocycles. The average molecular weight is 301 g/mol. The molecule has 0 aliphatic rings. The molecule has 1 aromatic heterocycles. The number of aryl methyl sites for hydroxylation is 1. The minimum absolute atomic E-state index is 0.0484. The summed E-state index contributed by atoms with van der Waals surface area (Å²) in [6.45, 7) is 1.71. The molecule has 7 heteroatoms. The lowest BCUT2D eigenvalue weighted by Gasteiger charge is -2.09. The third-order valence-electron chi connectivity index (χ3n) is 2.38. The molecule has 0 aliphatic heterocycles. The van der Waals surface area contributed by atoms with Crippen molar-refractivity contribution in [2.75, 3.05) is 4.72 Å². The second-order valence-electron chi connectivity index (χ2n) is 3.90. The lowest BCUT2D eigenvalue weighted by atomic mass is 10.2. The molecule has 100 valence electrons. The van der Waals surface area contributed by atoms with Crippen LogP contribution in [-0.2, 0) is 10.0 Å². The summed E-state index contributed by atoms with van der Waals surface area (Å²) in [5.74, 6) is -0.635. The SMILES string of the molecule is Cc1ccc(NS(=O)(=O)c2ccnc(Cl)c2)c(F)c1. The Balaban J connectivity index is 2.36. The van der Waals surface area contributed by atoms with Crippen LogP contribution < -0.4 is 4.72 Å². The highest BCUT2D eigenvalue weighted by Crippen LogP contribution is 2.21. The molecule has 1 heterocycles. The Morgan fingerprint density at radius 2 is 2.00 bits per heavy atom. The van der Waals surface area contributed by atoms with Gasteiger partial charge in [-0.15, -0.1) is 0 Å². The van der Waals surface area contributed by atoms with E-state index in [1.807, 2.05) is 0 Å². The van der Waals surface area contributed by atoms with Gasteiger partial charge in [0.2, 0.25) is 0 Å². The van der Waals surface area contributed by atoms with Gasteiger partial charge in [-0.3, -0.25) is 4.72 Å². The minimum Gasteiger partial charge on any atom is -0.277 e. The van der Waals surface area contributed by atoms with Gasteiger partial charge in [-0.05, 0) is 36.8 Å². The molecule has 0 atom stereocenters. The molecule has 0 aliphatic carbocycles. The van der Waals surface area contributed by atoms with Crippen LogP contribution in [0, 0.1) is 12.7 Å². The molecule has 1 N–H and O–H groups in total. The van der Waals surface area contributed by atoms with E-state index in [1.54, 1.807) is 13.0 Å². The van der Waals surface area contributed by atoms with Crippen molar-refractivity contribution in [3.8, 4) is 0 Å². The topological polar surface area (TPSA) is 59.1 Å². The van der Waals surface area contributed by atoms with Crippen LogP contribution in [-0.4, -0.2) is 13.4 Å². The molecule has 19 heavy (non-hydrogen) atoms. The summed E-state index contributed by atoms with van der Waals surface area (Å²) in [4.78, 5) is 3.61. The van der Waals surface area contributed by atoms with Gasteiger partial charge in [0.15, 0.2) is 0 Å². The largest absolute Gasteiger partial charge is 0.277 e. The van der Waals surface area contributed by atoms with E-state index in [1.165, 1.54) is 30.5 Å². The van der Waals surface area contributed by atoms with E-state index in [-0.39, 0.29) is 15.7 Å². The summed E-state index contributed by atoms with van der Waals surface area (Å²) in [5, 5.41) is 0.0484. The van der Waals surface area contributed by atoms with Crippen LogP contribution in [0.4, 0.5) is 10.1 Å². The number of hydrogen-bond acceptors (Lipinski definition) is 3. The molecule has 2 rings (SSSR count). The van der Waals surface area contributed by atoms with Crippen molar-refractivity contribution in [3.05, 3.63) is 53.1 Å². The Kier molecular flexibility index (Phi) is 3.73. The van der Waals surface area contributed by atoms with Crippen LogP contribution in [0.1, 0.15) is 5.56 Å². The molecule has 1 aromatic carbocycles. The highest BCUT2D eigenvalue weighted by molar-refractivity contribution is 7.92. The second-order valence-corrected chi connectivity index (χ2v) is 5.97. The Bertz CT molecular complexity index is 719. The number of nitrogens with zero attached hydrogens (tertiary/aromatic N) is 1. The van der Waals surface area contributed by atoms with Crippen molar-refractivity contribution in [2.24, 2.45) is 0 Å². The van der Waals surface area contributed by atoms with Crippen molar-refractivity contribution in [2.45, 2.75) is 11.8 Å². The Hall–Kier alpha value is -1.66. The Morgan fingerprint density at radius 3 is 2.63 bits per heavy atom. The number of nitrogens with one attached hydrogen (secondary N) is 1. The average Bonchev–Trinajstić information content (AvgIpc) is 2.33. The van der Waals surface area contributed by atoms with E-state index >= 15 is 0 Å². The highest BCUT2D eigenvalue weighted by Gasteiger charge is 2.16. The van der Waals surface area contributed by atoms with E-state index in [9.17, 15) is 12.8 Å². The molecule has 0 unspecified atom stereocenters. The standard InChI is InChI=1S/C12H10ClFN2O2S/c1-8-2-3-11(10(14)6-8)16-19(17,18)9-4-5-15-12(13)7-9/h2-7,16H,1H3. The van der Waals surface area contributed by atoms with Gasteiger partial charge in [0, 0.05) is 6.20 Å². The molecular formula is C12H10ClFN2O2S. The summed E-state index contributed by atoms with van der Waals surface area (Å²) in [5.41, 5.74) is 0.589. The van der Waals surface area contributed by atoms with E-state index in [0.29, 0.717) is 5.56 Å². The first kappa shape index (κ1) is 13.8. The first-order valence-electron chi connectivity index (χ1n) is 5.29. The van der Waals surface area contributed by atoms with Crippen molar-refractivity contribution in [1.29, 1.82) is 0 Å². The van der Waals surface area contributed by atoms with Gasteiger partial charge in [0.25, 0.3) is 10.0 Å². The number of rotatable bonds is 3. The Morgan fingerprint density at radius 1 is 1.26 bits per heavy atom. The van der Waals surface area contributed by atoms with Gasteiger partial charge in [0.1, 0.15) is 11.0 Å². The van der Waals surface area contributed by atoms with Gasteiger partial charge in [0.05, 0.1) is 10.6 Å². The van der Waals surface area contributed by atoms with Crippen molar-refractivity contribution < 1.29 is 12.8 Å². The fourth-order valence-corrected chi connectivity index (χ4v) is 2.78. The van der Waals surface area contributed by atoms with Gasteiger partial charge in [-0.25, -0.2) is 17.8 Å². The fourth-order valence-electron chi connectivity index (χ4n) is 1.46. The molecular weight excluding hydrogens is 291 g/mol. The Labute approximate surface area is 115 Å². The second kappa shape index (κ2) is 5.14. The number of sulfonamides is 1. The van der Waals surface area contributed by atoms with E-state index in [0.717, 1.165) is 0 Å². The molecule has 2 aromatic rings. The van der Waals surface area contributed by atoms with Crippen LogP contribution >= 0.6 is 11.6 Å². The van der Waals surface area contributed by atoms with E-state index < -0.39 is 15.8 Å². The maximum absolute atomic E-state index is 13.6. The van der Waals surface area contributed by atoms with Crippen molar-refractivity contribution in [1.82, 2.24) is 4.98 Å². The zero-order chi connectivity index (χ0) is 14.0. The summed E-state index contributed by atoms with van der Waals surface area (Å²) in [6, 6.07) is 6.69. The van der Waals surface area contributed by atoms with E-state index in [2.05, 4.69) is 9.71 Å². The number of halogens is 2. The molecule has 0 amide bonds. The molecule has 0 spiro atoms. The summed E-state index contributed by atoms with van der Waals surface area (Å²) in [7, 11) is -3.89. The van der Waals surface area contributed by atoms with Gasteiger partial charge in [-0.1, -0.05) is 17.7 Å². The summed E-state index contributed by atoms with van der Waals surface area (Å²) < 4.78 is 39.8. The monoisotopic (exact) mass is 300 g/mol. The molecule has 0 bridgehead atoms. The maximum Gasteiger partial charge on any atom is 0.262 e. The first-order valence-corrected chi connectivity index (χ1v) is 7.15.